The molecule has 0 saturated carbocycles. The number of carbonyl (C=O) groups is 3. The average molecular weight is 828 g/mol. The Kier molecular flexibility index (Phi) is 16.8. The van der Waals surface area contributed by atoms with Gasteiger partial charge in [-0.1, -0.05) is 33.8 Å². The van der Waals surface area contributed by atoms with E-state index < -0.39 is 71.5 Å². The number of aliphatic hydroxyl groups is 1. The number of cyclic esters (lactones) is 1. The van der Waals surface area contributed by atoms with Crippen LogP contribution in [-0.2, 0) is 44.6 Å². The van der Waals surface area contributed by atoms with Crippen molar-refractivity contribution in [3.63, 3.8) is 0 Å². The van der Waals surface area contributed by atoms with Crippen LogP contribution in [-0.4, -0.2) is 129 Å². The number of nitrogens with zero attached hydrogens (tertiary/aromatic N) is 5. The molecule has 0 amide bonds. The normalized spacial score (nSPS) is 34.8. The van der Waals surface area contributed by atoms with E-state index in [9.17, 15) is 19.5 Å². The minimum Gasteiger partial charge on any atom is -0.455 e. The number of esters is 2. The van der Waals surface area contributed by atoms with Crippen LogP contribution in [0.5, 0.6) is 0 Å². The van der Waals surface area contributed by atoms with Gasteiger partial charge in [-0.05, 0) is 80.4 Å². The van der Waals surface area contributed by atoms with Crippen LogP contribution in [0.1, 0.15) is 94.4 Å². The molecule has 12 atom stereocenters. The monoisotopic (exact) mass is 828 g/mol. The fraction of sp³-hybridized carbons (Fsp3) is 0.721. The Morgan fingerprint density at radius 2 is 1.80 bits per heavy atom. The number of Topliss-reactive ketones (excluding diaryl/α,β-unsaturated/α-hetero) is 1. The maximum atomic E-state index is 14.7. The first-order valence-electron chi connectivity index (χ1n) is 20.9. The van der Waals surface area contributed by atoms with E-state index in [-0.39, 0.29) is 30.3 Å². The largest absolute Gasteiger partial charge is 0.455 e. The van der Waals surface area contributed by atoms with Gasteiger partial charge in [0.25, 0.3) is 0 Å². The number of ether oxygens (including phenoxy) is 5. The molecule has 330 valence electrons. The third kappa shape index (κ3) is 11.7. The van der Waals surface area contributed by atoms with Gasteiger partial charge < -0.3 is 49.3 Å². The molecular weight excluding hydrogens is 759 g/mol. The molecular formula is C43H69N7O9. The second-order valence-corrected chi connectivity index (χ2v) is 17.2. The third-order valence-electron chi connectivity index (χ3n) is 12.1. The molecule has 4 rings (SSSR count). The van der Waals surface area contributed by atoms with E-state index in [1.165, 1.54) is 6.92 Å². The number of aryl methyl sites for hydroxylation is 1. The Morgan fingerprint density at radius 1 is 1.12 bits per heavy atom. The van der Waals surface area contributed by atoms with Crippen LogP contribution in [0.2, 0.25) is 0 Å². The molecule has 1 fully saturated rings. The number of likely N-dealkylation sites (N-methyl/N-ethyl adjacent to an activating group) is 1. The van der Waals surface area contributed by atoms with Crippen molar-refractivity contribution >= 4 is 23.7 Å². The van der Waals surface area contributed by atoms with E-state index in [1.807, 2.05) is 71.3 Å². The molecule has 16 nitrogen and oxygen atoms in total. The predicted octanol–water partition coefficient (Wildman–Crippen LogP) is 4.35. The number of methoxy groups -OCH3 is 1. The van der Waals surface area contributed by atoms with Gasteiger partial charge in [-0.3, -0.25) is 9.59 Å². The molecule has 2 aliphatic rings. The van der Waals surface area contributed by atoms with Gasteiger partial charge in [0.1, 0.15) is 18.0 Å². The van der Waals surface area contributed by atoms with Gasteiger partial charge in [-0.25, -0.2) is 19.7 Å². The summed E-state index contributed by atoms with van der Waals surface area (Å²) in [6, 6.07) is -0.955. The van der Waals surface area contributed by atoms with Crippen molar-refractivity contribution in [3.8, 4) is 11.3 Å². The molecule has 2 aliphatic heterocycles. The number of rotatable bonds is 13. The predicted molar refractivity (Wildman–Crippen MR) is 223 cm³/mol. The topological polar surface area (TPSA) is 202 Å². The summed E-state index contributed by atoms with van der Waals surface area (Å²) in [4.78, 5) is 56.1. The number of imidazole rings is 1. The highest BCUT2D eigenvalue weighted by atomic mass is 16.7. The standard InChI is InChI=1S/C43H69N7O9/c1-13-34-43(9,59-30(7)51)37(45-16-14-15-17-50-23-32(48-24-50)31-21-46-41(44)47-22-31)29(6)35(52)27(4)20-42(8,55-12)38(25(2)18-26(3)39(54)57-34)58-40-36(53)33(49(10)11)19-28(5)56-40/h18,21-25,27-29,33-34,36-38,40,45,53H,13-17,19-20H2,1-12H3,(H2,44,46,47)/b26-18-/t25-,27+,28+,29-,33-,34+,36+,37?,38?,40?,42+,43+/m0/s1. The van der Waals surface area contributed by atoms with Crippen LogP contribution in [0.15, 0.2) is 36.6 Å². The molecule has 2 aromatic rings. The zero-order chi connectivity index (χ0) is 43.8. The van der Waals surface area contributed by atoms with Crippen LogP contribution < -0.4 is 11.1 Å². The molecule has 0 spiro atoms. The lowest BCUT2D eigenvalue weighted by molar-refractivity contribution is -0.294. The van der Waals surface area contributed by atoms with Gasteiger partial charge in [0, 0.05) is 74.1 Å². The summed E-state index contributed by atoms with van der Waals surface area (Å²) in [6.45, 7) is 17.2. The summed E-state index contributed by atoms with van der Waals surface area (Å²) < 4.78 is 33.5. The quantitative estimate of drug-likeness (QED) is 0.190. The lowest BCUT2D eigenvalue weighted by Gasteiger charge is -2.47. The van der Waals surface area contributed by atoms with Gasteiger partial charge in [0.15, 0.2) is 11.9 Å². The Morgan fingerprint density at radius 3 is 2.41 bits per heavy atom. The molecule has 4 heterocycles. The second kappa shape index (κ2) is 20.6. The second-order valence-electron chi connectivity index (χ2n) is 17.2. The van der Waals surface area contributed by atoms with E-state index in [0.717, 1.165) is 17.7 Å². The number of nitrogen functional groups attached to an aromatic ring is 1. The number of nitrogens with two attached hydrogens (primary N) is 1. The van der Waals surface area contributed by atoms with Gasteiger partial charge in [0.2, 0.25) is 5.95 Å². The van der Waals surface area contributed by atoms with Gasteiger partial charge in [-0.2, -0.15) is 0 Å². The fourth-order valence-electron chi connectivity index (χ4n) is 8.93. The van der Waals surface area contributed by atoms with Crippen molar-refractivity contribution < 1.29 is 43.2 Å². The van der Waals surface area contributed by atoms with E-state index in [2.05, 4.69) is 20.3 Å². The third-order valence-corrected chi connectivity index (χ3v) is 12.1. The molecule has 1 saturated heterocycles. The van der Waals surface area contributed by atoms with Gasteiger partial charge in [-0.15, -0.1) is 0 Å². The summed E-state index contributed by atoms with van der Waals surface area (Å²) in [5.74, 6) is -2.77. The number of aromatic nitrogens is 4. The highest BCUT2D eigenvalue weighted by molar-refractivity contribution is 5.88. The molecule has 4 N–H and O–H groups in total. The van der Waals surface area contributed by atoms with Crippen LogP contribution in [0.4, 0.5) is 5.95 Å². The van der Waals surface area contributed by atoms with Crippen molar-refractivity contribution in [3.05, 3.63) is 36.6 Å². The number of hydrogen-bond donors (Lipinski definition) is 3. The van der Waals surface area contributed by atoms with Crippen molar-refractivity contribution in [2.24, 2.45) is 17.8 Å². The first-order valence-corrected chi connectivity index (χ1v) is 20.9. The number of anilines is 1. The van der Waals surface area contributed by atoms with Gasteiger partial charge >= 0.3 is 11.9 Å². The van der Waals surface area contributed by atoms with E-state index >= 15 is 0 Å². The Labute approximate surface area is 349 Å². The maximum Gasteiger partial charge on any atom is 0.333 e. The van der Waals surface area contributed by atoms with Crippen molar-refractivity contribution in [2.45, 2.75) is 155 Å². The molecule has 0 aromatic carbocycles. The number of nitrogens with one attached hydrogen (secondary N) is 1. The van der Waals surface area contributed by atoms with E-state index in [4.69, 9.17) is 29.4 Å². The molecule has 2 aromatic heterocycles. The molecule has 0 radical (unpaired) electrons. The fourth-order valence-corrected chi connectivity index (χ4v) is 8.93. The number of aliphatic hydroxyl groups excluding tert-OH is 1. The summed E-state index contributed by atoms with van der Waals surface area (Å²) in [6.07, 6.45) is 7.56. The smallest absolute Gasteiger partial charge is 0.333 e. The summed E-state index contributed by atoms with van der Waals surface area (Å²) in [5, 5.41) is 15.0. The maximum absolute atomic E-state index is 14.7. The van der Waals surface area contributed by atoms with Crippen molar-refractivity contribution in [1.82, 2.24) is 29.7 Å². The number of hydrogen-bond acceptors (Lipinski definition) is 15. The first kappa shape index (κ1) is 47.9. The van der Waals surface area contributed by atoms with Crippen LogP contribution in [0, 0.1) is 17.8 Å². The molecule has 59 heavy (non-hydrogen) atoms. The molecule has 0 aliphatic carbocycles. The zero-order valence-corrected chi connectivity index (χ0v) is 37.1. The summed E-state index contributed by atoms with van der Waals surface area (Å²) in [5.41, 5.74) is 4.94. The average Bonchev–Trinajstić information content (AvgIpc) is 3.65. The van der Waals surface area contributed by atoms with E-state index in [1.54, 1.807) is 45.8 Å². The Hall–Kier alpha value is -3.80. The number of carbonyl (C=O) groups excluding carboxylic acids is 3. The SMILES string of the molecule is CC[C@H]1OC(=O)/C(C)=C\[C@H](C)C(OC2O[C@H](C)C[C@H](N(C)C)[C@H]2O)[C@](C)(OC)C[C@@H](C)C(=O)[C@H](C)C(NCCCCn2cnc(-c3cnc(N)nc3)c2)[C@]1(C)OC(C)=O. The number of unbranched alkanes of at least 4 members (excludes halogenated alkanes) is 1. The van der Waals surface area contributed by atoms with Crippen molar-refractivity contribution in [1.29, 1.82) is 0 Å². The number of ketones is 1. The summed E-state index contributed by atoms with van der Waals surface area (Å²) >= 11 is 0. The Balaban J connectivity index is 1.65. The minimum absolute atomic E-state index is 0.0895. The van der Waals surface area contributed by atoms with Crippen LogP contribution >= 0.6 is 0 Å². The van der Waals surface area contributed by atoms with Crippen molar-refractivity contribution in [2.75, 3.05) is 33.5 Å². The van der Waals surface area contributed by atoms with Crippen LogP contribution in [0.25, 0.3) is 11.3 Å². The first-order chi connectivity index (χ1) is 27.7. The highest BCUT2D eigenvalue weighted by Gasteiger charge is 2.52. The molecule has 16 heteroatoms. The molecule has 0 bridgehead atoms. The zero-order valence-electron chi connectivity index (χ0n) is 37.1. The van der Waals surface area contributed by atoms with E-state index in [0.29, 0.717) is 37.9 Å². The lowest BCUT2D eigenvalue weighted by Crippen LogP contribution is -2.63. The Bertz CT molecular complexity index is 1740. The van der Waals surface area contributed by atoms with Gasteiger partial charge in [0.05, 0.1) is 35.9 Å². The summed E-state index contributed by atoms with van der Waals surface area (Å²) in [7, 11) is 5.40. The van der Waals surface area contributed by atoms with Crippen LogP contribution in [0.3, 0.4) is 0 Å². The lowest BCUT2D eigenvalue weighted by atomic mass is 9.74. The minimum atomic E-state index is -1.42. The molecule has 3 unspecified atom stereocenters. The highest BCUT2D eigenvalue weighted by Crippen LogP contribution is 2.39.